The van der Waals surface area contributed by atoms with Crippen molar-refractivity contribution >= 4 is 5.91 Å². The number of hydrogen-bond donors (Lipinski definition) is 1. The van der Waals surface area contributed by atoms with E-state index in [4.69, 9.17) is 10.2 Å². The Morgan fingerprint density at radius 2 is 2.40 bits per heavy atom. The van der Waals surface area contributed by atoms with E-state index in [-0.39, 0.29) is 5.91 Å². The first-order valence-electron chi connectivity index (χ1n) is 5.26. The van der Waals surface area contributed by atoms with Crippen LogP contribution in [-0.4, -0.2) is 17.4 Å². The Morgan fingerprint density at radius 1 is 1.60 bits per heavy atom. The molecule has 0 radical (unpaired) electrons. The molecule has 2 N–H and O–H groups in total. The first kappa shape index (κ1) is 10.2. The van der Waals surface area contributed by atoms with Crippen LogP contribution in [0.25, 0.3) is 0 Å². The van der Waals surface area contributed by atoms with E-state index in [1.165, 1.54) is 0 Å². The van der Waals surface area contributed by atoms with Gasteiger partial charge in [0.25, 0.3) is 0 Å². The number of furan rings is 1. The number of likely N-dealkylation sites (tertiary alicyclic amines) is 1. The third kappa shape index (κ3) is 2.04. The first-order valence-corrected chi connectivity index (χ1v) is 5.26. The van der Waals surface area contributed by atoms with Crippen LogP contribution < -0.4 is 5.73 Å². The number of hydrogen-bond acceptors (Lipinski definition) is 3. The summed E-state index contributed by atoms with van der Waals surface area (Å²) in [5.74, 6) is 1.87. The van der Waals surface area contributed by atoms with Crippen LogP contribution in [0, 0.1) is 6.92 Å². The molecule has 4 heteroatoms. The molecular formula is C11H16N2O2. The molecule has 0 spiro atoms. The number of rotatable bonds is 3. The molecule has 0 aliphatic carbocycles. The highest BCUT2D eigenvalue weighted by molar-refractivity contribution is 5.77. The number of aryl methyl sites for hydroxylation is 1. The average Bonchev–Trinajstić information content (AvgIpc) is 2.75. The van der Waals surface area contributed by atoms with E-state index in [0.29, 0.717) is 19.5 Å². The normalized spacial score (nSPS) is 16.4. The van der Waals surface area contributed by atoms with Gasteiger partial charge in [-0.15, -0.1) is 0 Å². The minimum Gasteiger partial charge on any atom is -0.463 e. The SMILES string of the molecule is Cc1cc(CN2CCCC2=O)oc1CN. The van der Waals surface area contributed by atoms with Crippen molar-refractivity contribution in [2.45, 2.75) is 32.9 Å². The number of carbonyl (C=O) groups is 1. The van der Waals surface area contributed by atoms with Crippen molar-refractivity contribution in [3.8, 4) is 0 Å². The summed E-state index contributed by atoms with van der Waals surface area (Å²) in [6.07, 6.45) is 1.63. The second-order valence-electron chi connectivity index (χ2n) is 3.94. The van der Waals surface area contributed by atoms with Gasteiger partial charge in [0, 0.05) is 13.0 Å². The summed E-state index contributed by atoms with van der Waals surface area (Å²) < 4.78 is 5.55. The Morgan fingerprint density at radius 3 is 2.93 bits per heavy atom. The van der Waals surface area contributed by atoms with Crippen LogP contribution in [0.1, 0.15) is 29.9 Å². The molecule has 82 valence electrons. The third-order valence-corrected chi connectivity index (χ3v) is 2.78. The van der Waals surface area contributed by atoms with Crippen LogP contribution in [0.2, 0.25) is 0 Å². The van der Waals surface area contributed by atoms with Crippen molar-refractivity contribution in [2.24, 2.45) is 5.73 Å². The van der Waals surface area contributed by atoms with Gasteiger partial charge in [-0.3, -0.25) is 4.79 Å². The summed E-state index contributed by atoms with van der Waals surface area (Å²) in [7, 11) is 0. The van der Waals surface area contributed by atoms with E-state index in [0.717, 1.165) is 30.0 Å². The predicted octanol–water partition coefficient (Wildman–Crippen LogP) is 1.17. The maximum absolute atomic E-state index is 11.4. The van der Waals surface area contributed by atoms with Crippen LogP contribution in [0.3, 0.4) is 0 Å². The molecule has 1 aromatic heterocycles. The molecule has 4 nitrogen and oxygen atoms in total. The number of nitrogens with two attached hydrogens (primary N) is 1. The summed E-state index contributed by atoms with van der Waals surface area (Å²) in [4.78, 5) is 13.2. The molecule has 1 aliphatic heterocycles. The second-order valence-corrected chi connectivity index (χ2v) is 3.94. The quantitative estimate of drug-likeness (QED) is 0.811. The minimum absolute atomic E-state index is 0.221. The van der Waals surface area contributed by atoms with Gasteiger partial charge in [-0.05, 0) is 25.0 Å². The Balaban J connectivity index is 2.07. The average molecular weight is 208 g/mol. The molecule has 0 bridgehead atoms. The van der Waals surface area contributed by atoms with Crippen LogP contribution in [0.15, 0.2) is 10.5 Å². The van der Waals surface area contributed by atoms with E-state index >= 15 is 0 Å². The molecule has 1 aromatic rings. The molecule has 0 aromatic carbocycles. The lowest BCUT2D eigenvalue weighted by Gasteiger charge is -2.12. The topological polar surface area (TPSA) is 59.5 Å². The van der Waals surface area contributed by atoms with Gasteiger partial charge < -0.3 is 15.1 Å². The van der Waals surface area contributed by atoms with Gasteiger partial charge in [0.2, 0.25) is 5.91 Å². The molecule has 0 unspecified atom stereocenters. The van der Waals surface area contributed by atoms with E-state index < -0.39 is 0 Å². The van der Waals surface area contributed by atoms with Crippen molar-refractivity contribution < 1.29 is 9.21 Å². The lowest BCUT2D eigenvalue weighted by Crippen LogP contribution is -2.23. The van der Waals surface area contributed by atoms with Gasteiger partial charge in [0.05, 0.1) is 13.1 Å². The number of amides is 1. The zero-order chi connectivity index (χ0) is 10.8. The summed E-state index contributed by atoms with van der Waals surface area (Å²) in [5, 5.41) is 0. The molecule has 1 saturated heterocycles. The fourth-order valence-electron chi connectivity index (χ4n) is 1.93. The summed E-state index contributed by atoms with van der Waals surface area (Å²) >= 11 is 0. The monoisotopic (exact) mass is 208 g/mol. The van der Waals surface area contributed by atoms with E-state index in [9.17, 15) is 4.79 Å². The highest BCUT2D eigenvalue weighted by Gasteiger charge is 2.21. The van der Waals surface area contributed by atoms with E-state index in [1.807, 2.05) is 17.9 Å². The Hall–Kier alpha value is -1.29. The predicted molar refractivity (Wildman–Crippen MR) is 56.0 cm³/mol. The highest BCUT2D eigenvalue weighted by Crippen LogP contribution is 2.18. The van der Waals surface area contributed by atoms with Crippen LogP contribution in [0.5, 0.6) is 0 Å². The second kappa shape index (κ2) is 4.06. The molecule has 2 heterocycles. The highest BCUT2D eigenvalue weighted by atomic mass is 16.3. The summed E-state index contributed by atoms with van der Waals surface area (Å²) in [5.41, 5.74) is 6.59. The number of nitrogens with zero attached hydrogens (tertiary/aromatic N) is 1. The Kier molecular flexibility index (Phi) is 2.77. The maximum Gasteiger partial charge on any atom is 0.223 e. The lowest BCUT2D eigenvalue weighted by atomic mass is 10.2. The minimum atomic E-state index is 0.221. The number of carbonyl (C=O) groups excluding carboxylic acids is 1. The molecule has 2 rings (SSSR count). The fraction of sp³-hybridized carbons (Fsp3) is 0.545. The van der Waals surface area contributed by atoms with Gasteiger partial charge >= 0.3 is 0 Å². The largest absolute Gasteiger partial charge is 0.463 e. The van der Waals surface area contributed by atoms with Crippen molar-refractivity contribution in [1.82, 2.24) is 4.90 Å². The molecular weight excluding hydrogens is 192 g/mol. The van der Waals surface area contributed by atoms with Crippen LogP contribution >= 0.6 is 0 Å². The van der Waals surface area contributed by atoms with Crippen molar-refractivity contribution in [2.75, 3.05) is 6.54 Å². The maximum atomic E-state index is 11.4. The lowest BCUT2D eigenvalue weighted by molar-refractivity contribution is -0.128. The molecule has 1 aliphatic rings. The standard InChI is InChI=1S/C11H16N2O2/c1-8-5-9(15-10(8)6-12)7-13-4-2-3-11(13)14/h5H,2-4,6-7,12H2,1H3. The first-order chi connectivity index (χ1) is 7.20. The molecule has 0 saturated carbocycles. The zero-order valence-corrected chi connectivity index (χ0v) is 8.95. The summed E-state index contributed by atoms with van der Waals surface area (Å²) in [6, 6.07) is 1.97. The van der Waals surface area contributed by atoms with Crippen molar-refractivity contribution in [3.05, 3.63) is 23.2 Å². The van der Waals surface area contributed by atoms with E-state index in [1.54, 1.807) is 0 Å². The van der Waals surface area contributed by atoms with Gasteiger partial charge in [-0.1, -0.05) is 0 Å². The van der Waals surface area contributed by atoms with E-state index in [2.05, 4.69) is 0 Å². The molecule has 15 heavy (non-hydrogen) atoms. The van der Waals surface area contributed by atoms with Crippen LogP contribution in [-0.2, 0) is 17.9 Å². The smallest absolute Gasteiger partial charge is 0.223 e. The Labute approximate surface area is 89.0 Å². The fourth-order valence-corrected chi connectivity index (χ4v) is 1.93. The van der Waals surface area contributed by atoms with Gasteiger partial charge in [0.15, 0.2) is 0 Å². The van der Waals surface area contributed by atoms with Crippen LogP contribution in [0.4, 0.5) is 0 Å². The zero-order valence-electron chi connectivity index (χ0n) is 8.95. The molecule has 0 atom stereocenters. The van der Waals surface area contributed by atoms with Crippen molar-refractivity contribution in [1.29, 1.82) is 0 Å². The van der Waals surface area contributed by atoms with Gasteiger partial charge in [-0.25, -0.2) is 0 Å². The molecule has 1 amide bonds. The van der Waals surface area contributed by atoms with Gasteiger partial charge in [-0.2, -0.15) is 0 Å². The van der Waals surface area contributed by atoms with Gasteiger partial charge in [0.1, 0.15) is 11.5 Å². The van der Waals surface area contributed by atoms with Crippen molar-refractivity contribution in [3.63, 3.8) is 0 Å². The summed E-state index contributed by atoms with van der Waals surface area (Å²) in [6.45, 7) is 3.82. The Bertz CT molecular complexity index is 371. The third-order valence-electron chi connectivity index (χ3n) is 2.78. The molecule has 1 fully saturated rings.